The SMILES string of the molecule is CCN1C(=O)/C(=C/c2cn(Cc3ccc(Cl)cc3)c3ccc(Br)cc23)NC1=S. The number of halogens is 2. The number of hydrogen-bond donors (Lipinski definition) is 1. The predicted molar refractivity (Wildman–Crippen MR) is 121 cm³/mol. The third-order valence-corrected chi connectivity index (χ3v) is 5.79. The van der Waals surface area contributed by atoms with E-state index in [-0.39, 0.29) is 5.91 Å². The highest BCUT2D eigenvalue weighted by atomic mass is 79.9. The lowest BCUT2D eigenvalue weighted by atomic mass is 10.1. The lowest BCUT2D eigenvalue weighted by molar-refractivity contribution is -0.122. The van der Waals surface area contributed by atoms with Gasteiger partial charge in [-0.05, 0) is 61.1 Å². The van der Waals surface area contributed by atoms with E-state index in [2.05, 4.69) is 44.1 Å². The minimum atomic E-state index is -0.0962. The van der Waals surface area contributed by atoms with Crippen molar-refractivity contribution in [2.24, 2.45) is 0 Å². The maximum absolute atomic E-state index is 12.6. The summed E-state index contributed by atoms with van der Waals surface area (Å²) in [6.45, 7) is 3.16. The van der Waals surface area contributed by atoms with E-state index < -0.39 is 0 Å². The lowest BCUT2D eigenvalue weighted by Crippen LogP contribution is -2.30. The van der Waals surface area contributed by atoms with E-state index in [1.807, 2.05) is 43.3 Å². The summed E-state index contributed by atoms with van der Waals surface area (Å²) in [5, 5.41) is 5.26. The van der Waals surface area contributed by atoms with Crippen molar-refractivity contribution in [3.8, 4) is 0 Å². The summed E-state index contributed by atoms with van der Waals surface area (Å²) in [6, 6.07) is 14.0. The maximum atomic E-state index is 12.6. The highest BCUT2D eigenvalue weighted by Crippen LogP contribution is 2.28. The quantitative estimate of drug-likeness (QED) is 0.418. The van der Waals surface area contributed by atoms with Crippen LogP contribution in [0.4, 0.5) is 0 Å². The number of likely N-dealkylation sites (N-methyl/N-ethyl adjacent to an activating group) is 1. The summed E-state index contributed by atoms with van der Waals surface area (Å²) in [5.74, 6) is -0.0962. The fraction of sp³-hybridized carbons (Fsp3) is 0.143. The first kappa shape index (κ1) is 19.2. The molecular formula is C21H17BrClN3OS. The second kappa shape index (κ2) is 7.70. The summed E-state index contributed by atoms with van der Waals surface area (Å²) in [7, 11) is 0. The van der Waals surface area contributed by atoms with E-state index in [0.29, 0.717) is 23.9 Å². The number of rotatable bonds is 4. The standard InChI is InChI=1S/C21H17BrClN3OS/c1-2-26-20(27)18(24-21(26)28)9-14-12-25(11-13-3-6-16(23)7-4-13)19-8-5-15(22)10-17(14)19/h3-10,12H,2,11H2,1H3,(H,24,28)/b18-9-. The Kier molecular flexibility index (Phi) is 5.27. The van der Waals surface area contributed by atoms with Gasteiger partial charge in [0.1, 0.15) is 5.70 Å². The van der Waals surface area contributed by atoms with Gasteiger partial charge < -0.3 is 9.88 Å². The third kappa shape index (κ3) is 3.60. The summed E-state index contributed by atoms with van der Waals surface area (Å²) in [6.07, 6.45) is 3.93. The predicted octanol–water partition coefficient (Wildman–Crippen LogP) is 5.18. The molecule has 2 heterocycles. The van der Waals surface area contributed by atoms with Gasteiger partial charge >= 0.3 is 0 Å². The van der Waals surface area contributed by atoms with Crippen LogP contribution in [0.5, 0.6) is 0 Å². The number of nitrogens with zero attached hydrogens (tertiary/aromatic N) is 2. The molecule has 0 spiro atoms. The van der Waals surface area contributed by atoms with Crippen molar-refractivity contribution < 1.29 is 4.79 Å². The van der Waals surface area contributed by atoms with Gasteiger partial charge in [-0.15, -0.1) is 0 Å². The van der Waals surface area contributed by atoms with Crippen molar-refractivity contribution in [2.45, 2.75) is 13.5 Å². The van der Waals surface area contributed by atoms with Crippen LogP contribution in [0.3, 0.4) is 0 Å². The van der Waals surface area contributed by atoms with E-state index >= 15 is 0 Å². The first-order valence-corrected chi connectivity index (χ1v) is 10.4. The molecule has 1 fully saturated rings. The van der Waals surface area contributed by atoms with Crippen LogP contribution in [0, 0.1) is 0 Å². The molecule has 1 aromatic heterocycles. The monoisotopic (exact) mass is 473 g/mol. The summed E-state index contributed by atoms with van der Waals surface area (Å²) < 4.78 is 3.16. The first-order valence-electron chi connectivity index (χ1n) is 8.83. The van der Waals surface area contributed by atoms with Crippen LogP contribution in [0.2, 0.25) is 5.02 Å². The third-order valence-electron chi connectivity index (χ3n) is 4.72. The van der Waals surface area contributed by atoms with E-state index in [4.69, 9.17) is 23.8 Å². The number of carbonyl (C=O) groups excluding carboxylic acids is 1. The van der Waals surface area contributed by atoms with Gasteiger partial charge in [-0.1, -0.05) is 39.7 Å². The van der Waals surface area contributed by atoms with Crippen molar-refractivity contribution in [2.75, 3.05) is 6.54 Å². The van der Waals surface area contributed by atoms with E-state index in [1.165, 1.54) is 0 Å². The molecule has 28 heavy (non-hydrogen) atoms. The molecule has 142 valence electrons. The fourth-order valence-electron chi connectivity index (χ4n) is 3.34. The molecule has 1 aliphatic rings. The Morgan fingerprint density at radius 2 is 1.96 bits per heavy atom. The number of amides is 1. The molecule has 1 aliphatic heterocycles. The largest absolute Gasteiger partial charge is 0.342 e. The second-order valence-corrected chi connectivity index (χ2v) is 8.28. The first-order chi connectivity index (χ1) is 13.5. The van der Waals surface area contributed by atoms with Gasteiger partial charge in [0, 0.05) is 45.2 Å². The molecule has 0 atom stereocenters. The molecule has 0 radical (unpaired) electrons. The number of hydrogen-bond acceptors (Lipinski definition) is 2. The molecule has 1 amide bonds. The van der Waals surface area contributed by atoms with Crippen LogP contribution < -0.4 is 5.32 Å². The van der Waals surface area contributed by atoms with Crippen LogP contribution in [0.25, 0.3) is 17.0 Å². The van der Waals surface area contributed by atoms with Crippen molar-refractivity contribution in [3.63, 3.8) is 0 Å². The Bertz CT molecular complexity index is 1120. The summed E-state index contributed by atoms with van der Waals surface area (Å²) >= 11 is 14.8. The molecule has 7 heteroatoms. The Morgan fingerprint density at radius 1 is 1.21 bits per heavy atom. The van der Waals surface area contributed by atoms with E-state index in [0.717, 1.165) is 31.5 Å². The van der Waals surface area contributed by atoms with Crippen LogP contribution in [0.15, 0.2) is 58.8 Å². The number of nitrogens with one attached hydrogen (secondary N) is 1. The smallest absolute Gasteiger partial charge is 0.276 e. The van der Waals surface area contributed by atoms with Gasteiger partial charge in [0.2, 0.25) is 0 Å². The van der Waals surface area contributed by atoms with Crippen molar-refractivity contribution in [3.05, 3.63) is 75.0 Å². The van der Waals surface area contributed by atoms with Gasteiger partial charge in [0.25, 0.3) is 5.91 Å². The zero-order valence-electron chi connectivity index (χ0n) is 15.1. The molecule has 0 unspecified atom stereocenters. The number of benzene rings is 2. The lowest BCUT2D eigenvalue weighted by Gasteiger charge is -2.08. The van der Waals surface area contributed by atoms with E-state index in [9.17, 15) is 4.79 Å². The van der Waals surface area contributed by atoms with Crippen LogP contribution in [0.1, 0.15) is 18.1 Å². The molecule has 1 saturated heterocycles. The van der Waals surface area contributed by atoms with Gasteiger partial charge in [-0.3, -0.25) is 9.69 Å². The fourth-order valence-corrected chi connectivity index (χ4v) is 4.15. The van der Waals surface area contributed by atoms with Crippen molar-refractivity contribution in [1.82, 2.24) is 14.8 Å². The highest BCUT2D eigenvalue weighted by Gasteiger charge is 2.29. The van der Waals surface area contributed by atoms with Gasteiger partial charge in [-0.2, -0.15) is 0 Å². The summed E-state index contributed by atoms with van der Waals surface area (Å²) in [5.41, 5.74) is 3.70. The molecule has 0 bridgehead atoms. The Balaban J connectivity index is 1.78. The van der Waals surface area contributed by atoms with Crippen LogP contribution in [-0.4, -0.2) is 27.0 Å². The normalized spacial score (nSPS) is 15.7. The Labute approximate surface area is 181 Å². The maximum Gasteiger partial charge on any atom is 0.276 e. The second-order valence-electron chi connectivity index (χ2n) is 6.54. The average molecular weight is 475 g/mol. The molecule has 4 rings (SSSR count). The van der Waals surface area contributed by atoms with Crippen molar-refractivity contribution in [1.29, 1.82) is 0 Å². The summed E-state index contributed by atoms with van der Waals surface area (Å²) in [4.78, 5) is 14.1. The number of carbonyl (C=O) groups is 1. The number of thiocarbonyl (C=S) groups is 1. The molecule has 0 aliphatic carbocycles. The number of fused-ring (bicyclic) bond motifs is 1. The highest BCUT2D eigenvalue weighted by molar-refractivity contribution is 9.10. The molecule has 1 N–H and O–H groups in total. The van der Waals surface area contributed by atoms with Crippen LogP contribution in [-0.2, 0) is 11.3 Å². The Morgan fingerprint density at radius 3 is 2.64 bits per heavy atom. The van der Waals surface area contributed by atoms with Gasteiger partial charge in [0.15, 0.2) is 5.11 Å². The molecule has 0 saturated carbocycles. The topological polar surface area (TPSA) is 37.3 Å². The zero-order chi connectivity index (χ0) is 19.8. The minimum Gasteiger partial charge on any atom is -0.342 e. The van der Waals surface area contributed by atoms with Crippen molar-refractivity contribution >= 4 is 67.7 Å². The zero-order valence-corrected chi connectivity index (χ0v) is 18.2. The minimum absolute atomic E-state index is 0.0962. The van der Waals surface area contributed by atoms with Gasteiger partial charge in [0.05, 0.1) is 0 Å². The molecular weight excluding hydrogens is 458 g/mol. The Hall–Kier alpha value is -2.15. The molecule has 3 aromatic rings. The number of aromatic nitrogens is 1. The molecule has 2 aromatic carbocycles. The van der Waals surface area contributed by atoms with Gasteiger partial charge in [-0.25, -0.2) is 0 Å². The van der Waals surface area contributed by atoms with Crippen LogP contribution >= 0.6 is 39.7 Å². The average Bonchev–Trinajstić information content (AvgIpc) is 3.13. The van der Waals surface area contributed by atoms with E-state index in [1.54, 1.807) is 4.90 Å². The molecule has 4 nitrogen and oxygen atoms in total.